The zero-order valence-corrected chi connectivity index (χ0v) is 11.6. The van der Waals surface area contributed by atoms with E-state index in [1.54, 1.807) is 12.1 Å². The van der Waals surface area contributed by atoms with Crippen LogP contribution in [0.2, 0.25) is 10.2 Å². The highest BCUT2D eigenvalue weighted by Gasteiger charge is 2.18. The van der Waals surface area contributed by atoms with Gasteiger partial charge in [0.15, 0.2) is 22.5 Å². The Kier molecular flexibility index (Phi) is 3.46. The zero-order chi connectivity index (χ0) is 14.1. The van der Waals surface area contributed by atoms with Crippen LogP contribution in [0.3, 0.4) is 0 Å². The van der Waals surface area contributed by atoms with Crippen LogP contribution in [0.4, 0.5) is 5.69 Å². The fourth-order valence-electron chi connectivity index (χ4n) is 1.78. The Labute approximate surface area is 124 Å². The van der Waals surface area contributed by atoms with Gasteiger partial charge in [0, 0.05) is 12.1 Å². The summed E-state index contributed by atoms with van der Waals surface area (Å²) in [6.45, 7) is 0.926. The molecule has 0 aliphatic carbocycles. The zero-order valence-electron chi connectivity index (χ0n) is 10.1. The molecule has 1 amide bonds. The number of benzene rings is 1. The van der Waals surface area contributed by atoms with E-state index in [-0.39, 0.29) is 11.0 Å². The molecule has 0 saturated carbocycles. The minimum Gasteiger partial charge on any atom is -0.486 e. The second-order valence-corrected chi connectivity index (χ2v) is 4.81. The molecule has 2 heterocycles. The predicted octanol–water partition coefficient (Wildman–Crippen LogP) is 3.61. The van der Waals surface area contributed by atoms with Gasteiger partial charge >= 0.3 is 0 Å². The minimum atomic E-state index is -0.449. The number of carbonyl (C=O) groups is 1. The monoisotopic (exact) mass is 313 g/mol. The van der Waals surface area contributed by atoms with Gasteiger partial charge in [0.05, 0.1) is 10.7 Å². The molecule has 0 bridgehead atoms. The van der Waals surface area contributed by atoms with Gasteiger partial charge in [0.1, 0.15) is 13.2 Å². The van der Waals surface area contributed by atoms with Crippen LogP contribution in [0, 0.1) is 0 Å². The van der Waals surface area contributed by atoms with E-state index in [1.807, 2.05) is 0 Å². The Morgan fingerprint density at radius 2 is 1.80 bits per heavy atom. The van der Waals surface area contributed by atoms with E-state index in [4.69, 9.17) is 37.1 Å². The van der Waals surface area contributed by atoms with Crippen molar-refractivity contribution in [1.82, 2.24) is 0 Å². The van der Waals surface area contributed by atoms with Crippen LogP contribution in [0.1, 0.15) is 10.6 Å². The van der Waals surface area contributed by atoms with E-state index >= 15 is 0 Å². The molecule has 0 saturated heterocycles. The standard InChI is InChI=1S/C13H9Cl2NO4/c14-7-5-10-11(19-4-3-18-10)6-8(7)16-13(17)9-1-2-12(15)20-9/h1-2,5-6H,3-4H2,(H,16,17). The number of hydrogen-bond acceptors (Lipinski definition) is 4. The molecule has 1 aliphatic rings. The van der Waals surface area contributed by atoms with Crippen molar-refractivity contribution in [3.8, 4) is 11.5 Å². The highest BCUT2D eigenvalue weighted by atomic mass is 35.5. The molecule has 0 spiro atoms. The summed E-state index contributed by atoms with van der Waals surface area (Å²) in [5.41, 5.74) is 0.411. The molecule has 0 unspecified atom stereocenters. The number of furan rings is 1. The van der Waals surface area contributed by atoms with Gasteiger partial charge in [-0.1, -0.05) is 11.6 Å². The molecule has 1 aliphatic heterocycles. The molecular weight excluding hydrogens is 305 g/mol. The summed E-state index contributed by atoms with van der Waals surface area (Å²) >= 11 is 11.7. The summed E-state index contributed by atoms with van der Waals surface area (Å²) in [6.07, 6.45) is 0. The molecule has 20 heavy (non-hydrogen) atoms. The molecule has 1 aromatic carbocycles. The van der Waals surface area contributed by atoms with Crippen molar-refractivity contribution in [3.05, 3.63) is 40.3 Å². The van der Waals surface area contributed by atoms with Gasteiger partial charge in [0.2, 0.25) is 0 Å². The molecule has 5 nitrogen and oxygen atoms in total. The van der Waals surface area contributed by atoms with Gasteiger partial charge in [-0.2, -0.15) is 0 Å². The first-order valence-corrected chi connectivity index (χ1v) is 6.55. The molecule has 7 heteroatoms. The van der Waals surface area contributed by atoms with Crippen molar-refractivity contribution in [2.45, 2.75) is 0 Å². The second-order valence-electron chi connectivity index (χ2n) is 4.03. The average molecular weight is 314 g/mol. The lowest BCUT2D eigenvalue weighted by Crippen LogP contribution is -2.16. The minimum absolute atomic E-state index is 0.0981. The molecule has 1 aromatic heterocycles. The fourth-order valence-corrected chi connectivity index (χ4v) is 2.13. The van der Waals surface area contributed by atoms with Crippen molar-refractivity contribution in [2.75, 3.05) is 18.5 Å². The van der Waals surface area contributed by atoms with E-state index in [0.717, 1.165) is 0 Å². The van der Waals surface area contributed by atoms with Crippen molar-refractivity contribution in [2.24, 2.45) is 0 Å². The summed E-state index contributed by atoms with van der Waals surface area (Å²) in [5, 5.41) is 3.12. The van der Waals surface area contributed by atoms with Gasteiger partial charge in [0.25, 0.3) is 5.91 Å². The van der Waals surface area contributed by atoms with E-state index in [0.29, 0.717) is 35.4 Å². The Morgan fingerprint density at radius 1 is 1.10 bits per heavy atom. The second kappa shape index (κ2) is 5.26. The number of hydrogen-bond donors (Lipinski definition) is 1. The lowest BCUT2D eigenvalue weighted by atomic mass is 10.2. The molecule has 0 radical (unpaired) electrons. The van der Waals surface area contributed by atoms with Crippen LogP contribution < -0.4 is 14.8 Å². The number of anilines is 1. The highest BCUT2D eigenvalue weighted by molar-refractivity contribution is 6.34. The van der Waals surface area contributed by atoms with Gasteiger partial charge in [-0.25, -0.2) is 0 Å². The van der Waals surface area contributed by atoms with Gasteiger partial charge in [-0.3, -0.25) is 4.79 Å². The Bertz CT molecular complexity index is 668. The number of rotatable bonds is 2. The Hall–Kier alpha value is -1.85. The molecule has 0 fully saturated rings. The normalized spacial score (nSPS) is 13.1. The third kappa shape index (κ3) is 2.55. The van der Waals surface area contributed by atoms with Crippen LogP contribution in [-0.4, -0.2) is 19.1 Å². The van der Waals surface area contributed by atoms with E-state index < -0.39 is 5.91 Å². The van der Waals surface area contributed by atoms with Crippen molar-refractivity contribution < 1.29 is 18.7 Å². The van der Waals surface area contributed by atoms with Gasteiger partial charge in [-0.05, 0) is 23.7 Å². The van der Waals surface area contributed by atoms with Crippen molar-refractivity contribution in [1.29, 1.82) is 0 Å². The summed E-state index contributed by atoms with van der Waals surface area (Å²) < 4.78 is 15.8. The molecule has 1 N–H and O–H groups in total. The maximum absolute atomic E-state index is 12.0. The molecule has 0 atom stereocenters. The first-order chi connectivity index (χ1) is 9.63. The molecule has 3 rings (SSSR count). The topological polar surface area (TPSA) is 60.7 Å². The first-order valence-electron chi connectivity index (χ1n) is 5.79. The predicted molar refractivity (Wildman–Crippen MR) is 74.1 cm³/mol. The maximum Gasteiger partial charge on any atom is 0.291 e. The van der Waals surface area contributed by atoms with E-state index in [2.05, 4.69) is 5.32 Å². The SMILES string of the molecule is O=C(Nc1cc2c(cc1Cl)OCCO2)c1ccc(Cl)o1. The summed E-state index contributed by atoms with van der Waals surface area (Å²) in [7, 11) is 0. The van der Waals surface area contributed by atoms with Gasteiger partial charge in [-0.15, -0.1) is 0 Å². The van der Waals surface area contributed by atoms with Crippen molar-refractivity contribution >= 4 is 34.8 Å². The Balaban J connectivity index is 1.85. The largest absolute Gasteiger partial charge is 0.486 e. The Morgan fingerprint density at radius 3 is 2.45 bits per heavy atom. The number of amides is 1. The summed E-state index contributed by atoms with van der Waals surface area (Å²) in [6, 6.07) is 6.17. The van der Waals surface area contributed by atoms with Crippen LogP contribution in [0.15, 0.2) is 28.7 Å². The van der Waals surface area contributed by atoms with Gasteiger partial charge < -0.3 is 19.2 Å². The quantitative estimate of drug-likeness (QED) is 0.920. The smallest absolute Gasteiger partial charge is 0.291 e. The van der Waals surface area contributed by atoms with E-state index in [9.17, 15) is 4.79 Å². The van der Waals surface area contributed by atoms with Crippen LogP contribution in [-0.2, 0) is 0 Å². The molecule has 104 valence electrons. The molecule has 2 aromatic rings. The third-order valence-corrected chi connectivity index (χ3v) is 3.19. The fraction of sp³-hybridized carbons (Fsp3) is 0.154. The van der Waals surface area contributed by atoms with E-state index in [1.165, 1.54) is 12.1 Å². The maximum atomic E-state index is 12.0. The lowest BCUT2D eigenvalue weighted by Gasteiger charge is -2.19. The molecular formula is C13H9Cl2NO4. The lowest BCUT2D eigenvalue weighted by molar-refractivity contribution is 0.0996. The van der Waals surface area contributed by atoms with Crippen LogP contribution in [0.25, 0.3) is 0 Å². The number of carbonyl (C=O) groups excluding carboxylic acids is 1. The van der Waals surface area contributed by atoms with Crippen LogP contribution in [0.5, 0.6) is 11.5 Å². The number of ether oxygens (including phenoxy) is 2. The van der Waals surface area contributed by atoms with Crippen molar-refractivity contribution in [3.63, 3.8) is 0 Å². The first kappa shape index (κ1) is 13.1. The third-order valence-electron chi connectivity index (χ3n) is 2.68. The van der Waals surface area contributed by atoms with Crippen LogP contribution >= 0.6 is 23.2 Å². The average Bonchev–Trinajstić information content (AvgIpc) is 2.86. The summed E-state index contributed by atoms with van der Waals surface area (Å²) in [5.74, 6) is 0.741. The summed E-state index contributed by atoms with van der Waals surface area (Å²) in [4.78, 5) is 12.0. The number of nitrogens with one attached hydrogen (secondary N) is 1. The number of fused-ring (bicyclic) bond motifs is 1. The highest BCUT2D eigenvalue weighted by Crippen LogP contribution is 2.38. The number of halogens is 2.